The maximum absolute atomic E-state index is 15.2. The Bertz CT molecular complexity index is 1320. The summed E-state index contributed by atoms with van der Waals surface area (Å²) < 4.78 is 32.6. The molecule has 1 aliphatic rings. The van der Waals surface area contributed by atoms with Gasteiger partial charge in [0.25, 0.3) is 5.91 Å². The first-order valence-electron chi connectivity index (χ1n) is 9.98. The topological polar surface area (TPSA) is 79.5 Å². The Morgan fingerprint density at radius 3 is 2.68 bits per heavy atom. The van der Waals surface area contributed by atoms with E-state index >= 15 is 4.39 Å². The molecule has 4 heterocycles. The molecule has 10 heteroatoms. The zero-order valence-electron chi connectivity index (χ0n) is 17.1. The predicted molar refractivity (Wildman–Crippen MR) is 114 cm³/mol. The van der Waals surface area contributed by atoms with Crippen LogP contribution in [0.4, 0.5) is 20.2 Å². The van der Waals surface area contributed by atoms with Crippen molar-refractivity contribution in [3.63, 3.8) is 0 Å². The molecule has 0 atom stereocenters. The van der Waals surface area contributed by atoms with Crippen molar-refractivity contribution in [1.29, 1.82) is 0 Å². The number of anilines is 2. The Balaban J connectivity index is 1.55. The number of carbonyl (C=O) groups excluding carboxylic acids is 1. The summed E-state index contributed by atoms with van der Waals surface area (Å²) in [5.74, 6) is -1.94. The largest absolute Gasteiger partial charge is 0.368 e. The smallest absolute Gasteiger partial charge is 0.260 e. The SMILES string of the molecule is Cc1cn2cc(NC(=O)c3c(F)cc(N4CCNCC4)c4cn(C)nc34)cc(F)c2n1. The van der Waals surface area contributed by atoms with Crippen LogP contribution in [0.25, 0.3) is 16.6 Å². The average Bonchev–Trinajstić information content (AvgIpc) is 3.29. The van der Waals surface area contributed by atoms with Gasteiger partial charge in [0.2, 0.25) is 0 Å². The van der Waals surface area contributed by atoms with Crippen LogP contribution in [-0.2, 0) is 7.05 Å². The molecule has 4 aromatic rings. The van der Waals surface area contributed by atoms with Crippen LogP contribution < -0.4 is 15.5 Å². The number of amides is 1. The molecule has 0 unspecified atom stereocenters. The molecule has 31 heavy (non-hydrogen) atoms. The van der Waals surface area contributed by atoms with Crippen LogP contribution in [0.1, 0.15) is 16.1 Å². The van der Waals surface area contributed by atoms with E-state index in [1.807, 2.05) is 0 Å². The first-order valence-corrected chi connectivity index (χ1v) is 9.98. The van der Waals surface area contributed by atoms with Gasteiger partial charge < -0.3 is 19.9 Å². The molecule has 0 bridgehead atoms. The number of aromatic nitrogens is 4. The highest BCUT2D eigenvalue weighted by molar-refractivity contribution is 6.14. The van der Waals surface area contributed by atoms with E-state index in [1.165, 1.54) is 16.5 Å². The zero-order chi connectivity index (χ0) is 21.7. The molecule has 0 saturated carbocycles. The normalized spacial score (nSPS) is 14.5. The van der Waals surface area contributed by atoms with E-state index in [1.54, 1.807) is 37.2 Å². The lowest BCUT2D eigenvalue weighted by Gasteiger charge is -2.30. The van der Waals surface area contributed by atoms with Crippen LogP contribution in [-0.4, -0.2) is 51.3 Å². The summed E-state index contributed by atoms with van der Waals surface area (Å²) in [6.45, 7) is 4.82. The van der Waals surface area contributed by atoms with Gasteiger partial charge >= 0.3 is 0 Å². The highest BCUT2D eigenvalue weighted by atomic mass is 19.1. The van der Waals surface area contributed by atoms with E-state index in [0.717, 1.165) is 26.2 Å². The van der Waals surface area contributed by atoms with Crippen molar-refractivity contribution < 1.29 is 13.6 Å². The lowest BCUT2D eigenvalue weighted by Crippen LogP contribution is -2.43. The molecule has 0 radical (unpaired) electrons. The molecule has 1 fully saturated rings. The fourth-order valence-electron chi connectivity index (χ4n) is 4.07. The standard InChI is InChI=1S/C21H21F2N7O/c1-12-9-30-10-13(7-16(23)20(30)25-12)26-21(31)18-15(22)8-17(29-5-3-24-4-6-29)14-11-28(2)27-19(14)18/h7-11,24H,3-6H2,1-2H3,(H,26,31). The van der Waals surface area contributed by atoms with E-state index in [0.29, 0.717) is 16.8 Å². The minimum atomic E-state index is -0.691. The summed E-state index contributed by atoms with van der Waals surface area (Å²) in [4.78, 5) is 19.2. The number of pyridine rings is 1. The van der Waals surface area contributed by atoms with Crippen LogP contribution in [0.15, 0.2) is 30.7 Å². The monoisotopic (exact) mass is 425 g/mol. The van der Waals surface area contributed by atoms with Gasteiger partial charge in [0.05, 0.1) is 17.1 Å². The summed E-state index contributed by atoms with van der Waals surface area (Å²) in [5.41, 5.74) is 1.81. The number of hydrogen-bond acceptors (Lipinski definition) is 5. The van der Waals surface area contributed by atoms with Crippen LogP contribution in [0.3, 0.4) is 0 Å². The van der Waals surface area contributed by atoms with E-state index in [4.69, 9.17) is 0 Å². The van der Waals surface area contributed by atoms with E-state index < -0.39 is 17.5 Å². The second-order valence-corrected chi connectivity index (χ2v) is 7.70. The Labute approximate surface area is 176 Å². The van der Waals surface area contributed by atoms with Crippen LogP contribution >= 0.6 is 0 Å². The summed E-state index contributed by atoms with van der Waals surface area (Å²) >= 11 is 0. The molecule has 3 aromatic heterocycles. The van der Waals surface area contributed by atoms with Gasteiger partial charge in [0.1, 0.15) is 16.9 Å². The van der Waals surface area contributed by atoms with Crippen LogP contribution in [0.2, 0.25) is 0 Å². The highest BCUT2D eigenvalue weighted by Crippen LogP contribution is 2.32. The number of carbonyl (C=O) groups is 1. The van der Waals surface area contributed by atoms with Crippen molar-refractivity contribution >= 4 is 33.8 Å². The lowest BCUT2D eigenvalue weighted by molar-refractivity contribution is 0.102. The van der Waals surface area contributed by atoms with Gasteiger partial charge in [0.15, 0.2) is 11.5 Å². The minimum absolute atomic E-state index is 0.161. The molecule has 1 saturated heterocycles. The van der Waals surface area contributed by atoms with E-state index in [2.05, 4.69) is 25.6 Å². The number of imidazole rings is 1. The number of benzene rings is 1. The third kappa shape index (κ3) is 3.38. The van der Waals surface area contributed by atoms with Gasteiger partial charge in [-0.1, -0.05) is 0 Å². The van der Waals surface area contributed by atoms with Crippen molar-refractivity contribution in [2.45, 2.75) is 6.92 Å². The fourth-order valence-corrected chi connectivity index (χ4v) is 4.07. The van der Waals surface area contributed by atoms with Crippen LogP contribution in [0, 0.1) is 18.6 Å². The van der Waals surface area contributed by atoms with Gasteiger partial charge in [-0.15, -0.1) is 0 Å². The van der Waals surface area contributed by atoms with E-state index in [9.17, 15) is 9.18 Å². The number of nitrogens with one attached hydrogen (secondary N) is 2. The average molecular weight is 425 g/mol. The molecule has 160 valence electrons. The third-order valence-electron chi connectivity index (χ3n) is 5.41. The molecule has 0 spiro atoms. The third-order valence-corrected chi connectivity index (χ3v) is 5.41. The van der Waals surface area contributed by atoms with Crippen molar-refractivity contribution in [2.75, 3.05) is 36.4 Å². The second kappa shape index (κ2) is 7.31. The molecule has 1 aliphatic heterocycles. The Morgan fingerprint density at radius 2 is 1.90 bits per heavy atom. The summed E-state index contributed by atoms with van der Waals surface area (Å²) in [5, 5.41) is 10.9. The Morgan fingerprint density at radius 1 is 1.13 bits per heavy atom. The highest BCUT2D eigenvalue weighted by Gasteiger charge is 2.24. The number of fused-ring (bicyclic) bond motifs is 2. The molecule has 2 N–H and O–H groups in total. The summed E-state index contributed by atoms with van der Waals surface area (Å²) in [6, 6.07) is 2.55. The van der Waals surface area contributed by atoms with Crippen molar-refractivity contribution in [2.24, 2.45) is 7.05 Å². The van der Waals surface area contributed by atoms with Gasteiger partial charge in [-0.2, -0.15) is 5.10 Å². The maximum Gasteiger partial charge on any atom is 0.260 e. The molecule has 1 aromatic carbocycles. The number of piperazine rings is 1. The zero-order valence-corrected chi connectivity index (χ0v) is 17.1. The molecular weight excluding hydrogens is 404 g/mol. The molecular formula is C21H21F2N7O. The number of aryl methyl sites for hydroxylation is 2. The first-order chi connectivity index (χ1) is 14.9. The molecule has 8 nitrogen and oxygen atoms in total. The fraction of sp³-hybridized carbons (Fsp3) is 0.286. The van der Waals surface area contributed by atoms with E-state index in [-0.39, 0.29) is 22.4 Å². The number of halogens is 2. The lowest BCUT2D eigenvalue weighted by atomic mass is 10.1. The van der Waals surface area contributed by atoms with Crippen LogP contribution in [0.5, 0.6) is 0 Å². The van der Waals surface area contributed by atoms with Gasteiger partial charge in [-0.3, -0.25) is 9.48 Å². The number of hydrogen-bond donors (Lipinski definition) is 2. The summed E-state index contributed by atoms with van der Waals surface area (Å²) in [7, 11) is 1.73. The molecule has 5 rings (SSSR count). The Kier molecular flexibility index (Phi) is 4.58. The number of nitrogens with zero attached hydrogens (tertiary/aromatic N) is 5. The molecule has 1 amide bonds. The number of rotatable bonds is 3. The predicted octanol–water partition coefficient (Wildman–Crippen LogP) is 2.47. The minimum Gasteiger partial charge on any atom is -0.368 e. The van der Waals surface area contributed by atoms with Crippen molar-refractivity contribution in [3.05, 3.63) is 53.6 Å². The Hall–Kier alpha value is -3.53. The summed E-state index contributed by atoms with van der Waals surface area (Å²) in [6.07, 6.45) is 4.97. The van der Waals surface area contributed by atoms with Gasteiger partial charge in [0, 0.05) is 63.3 Å². The maximum atomic E-state index is 15.2. The van der Waals surface area contributed by atoms with Gasteiger partial charge in [-0.25, -0.2) is 13.8 Å². The first kappa shape index (κ1) is 19.4. The van der Waals surface area contributed by atoms with Crippen molar-refractivity contribution in [1.82, 2.24) is 24.5 Å². The molecule has 0 aliphatic carbocycles. The van der Waals surface area contributed by atoms with Crippen molar-refractivity contribution in [3.8, 4) is 0 Å². The second-order valence-electron chi connectivity index (χ2n) is 7.70. The quantitative estimate of drug-likeness (QED) is 0.527. The van der Waals surface area contributed by atoms with Gasteiger partial charge in [-0.05, 0) is 13.0 Å².